The Morgan fingerprint density at radius 2 is 1.48 bits per heavy atom. The fourth-order valence-corrected chi connectivity index (χ4v) is 2.54. The minimum Gasteiger partial charge on any atom is -0.463 e. The van der Waals surface area contributed by atoms with Crippen LogP contribution in [0.5, 0.6) is 0 Å². The van der Waals surface area contributed by atoms with Crippen molar-refractivity contribution in [2.45, 2.75) is 71.5 Å². The van der Waals surface area contributed by atoms with Gasteiger partial charge in [-0.15, -0.1) is 0 Å². The average molecular weight is 319 g/mol. The summed E-state index contributed by atoms with van der Waals surface area (Å²) in [5.74, 6) is -0.104. The molecule has 5 heteroatoms. The zero-order valence-electron chi connectivity index (χ0n) is 14.4. The largest absolute Gasteiger partial charge is 0.463 e. The van der Waals surface area contributed by atoms with Crippen LogP contribution in [-0.4, -0.2) is 40.7 Å². The molecule has 4 nitrogen and oxygen atoms in total. The van der Waals surface area contributed by atoms with Crippen molar-refractivity contribution in [3.05, 3.63) is 0 Å². The summed E-state index contributed by atoms with van der Waals surface area (Å²) < 4.78 is 16.1. The highest BCUT2D eigenvalue weighted by Gasteiger charge is 2.13. The van der Waals surface area contributed by atoms with Gasteiger partial charge in [0.1, 0.15) is 6.61 Å². The van der Waals surface area contributed by atoms with Gasteiger partial charge in [0.05, 0.1) is 19.8 Å². The number of carbonyl (C=O) groups excluding carboxylic acids is 1. The van der Waals surface area contributed by atoms with Gasteiger partial charge in [0.15, 0.2) is 8.32 Å². The molecule has 0 saturated heterocycles. The lowest BCUT2D eigenvalue weighted by atomic mass is 10.1. The predicted octanol–water partition coefficient (Wildman–Crippen LogP) is 4.15. The molecule has 0 aromatic carbocycles. The van der Waals surface area contributed by atoms with E-state index in [2.05, 4.69) is 26.6 Å². The summed E-state index contributed by atoms with van der Waals surface area (Å²) in [6, 6.07) is 0. The minimum absolute atomic E-state index is 0.104. The molecule has 0 bridgehead atoms. The van der Waals surface area contributed by atoms with Gasteiger partial charge in [-0.05, 0) is 26.1 Å². The number of hydrogen-bond donors (Lipinski definition) is 0. The van der Waals surface area contributed by atoms with Crippen molar-refractivity contribution in [2.75, 3.05) is 26.4 Å². The first kappa shape index (κ1) is 20.6. The third kappa shape index (κ3) is 17.6. The van der Waals surface area contributed by atoms with Crippen LogP contribution in [0.25, 0.3) is 0 Å². The molecule has 21 heavy (non-hydrogen) atoms. The highest BCUT2D eigenvalue weighted by Crippen LogP contribution is 2.07. The Morgan fingerprint density at radius 1 is 0.857 bits per heavy atom. The normalized spacial score (nSPS) is 11.6. The van der Waals surface area contributed by atoms with Gasteiger partial charge >= 0.3 is 5.97 Å². The first-order chi connectivity index (χ1) is 9.95. The van der Waals surface area contributed by atoms with E-state index in [0.29, 0.717) is 32.8 Å². The Hall–Kier alpha value is -0.393. The van der Waals surface area contributed by atoms with E-state index in [9.17, 15) is 4.79 Å². The summed E-state index contributed by atoms with van der Waals surface area (Å²) in [6.07, 6.45) is 7.65. The van der Waals surface area contributed by atoms with Crippen molar-refractivity contribution >= 4 is 14.3 Å². The molecule has 0 aliphatic heterocycles. The molecule has 0 radical (unpaired) electrons. The van der Waals surface area contributed by atoms with Gasteiger partial charge in [0.2, 0.25) is 0 Å². The lowest BCUT2D eigenvalue weighted by Gasteiger charge is -2.16. The van der Waals surface area contributed by atoms with E-state index < -0.39 is 8.32 Å². The average Bonchev–Trinajstić information content (AvgIpc) is 2.40. The number of rotatable bonds is 14. The molecule has 0 aromatic rings. The zero-order chi connectivity index (χ0) is 16.0. The van der Waals surface area contributed by atoms with Crippen LogP contribution >= 0.6 is 0 Å². The second-order valence-corrected chi connectivity index (χ2v) is 10.8. The first-order valence-corrected chi connectivity index (χ1v) is 11.7. The maximum atomic E-state index is 11.5. The van der Waals surface area contributed by atoms with Crippen LogP contribution in [0.4, 0.5) is 0 Å². The number of esters is 1. The van der Waals surface area contributed by atoms with Crippen molar-refractivity contribution in [1.82, 2.24) is 0 Å². The van der Waals surface area contributed by atoms with E-state index in [1.807, 2.05) is 0 Å². The maximum absolute atomic E-state index is 11.5. The van der Waals surface area contributed by atoms with Gasteiger partial charge in [-0.25, -0.2) is 0 Å². The van der Waals surface area contributed by atoms with E-state index in [4.69, 9.17) is 13.9 Å². The third-order valence-corrected chi connectivity index (χ3v) is 4.06. The molecule has 0 spiro atoms. The Balaban J connectivity index is 3.23. The van der Waals surface area contributed by atoms with E-state index in [-0.39, 0.29) is 5.97 Å². The molecule has 0 fully saturated rings. The standard InChI is InChI=1S/C16H34O4Si/c1-5-6-7-8-9-10-11-16(17)19-14-12-18-13-15-20-21(2,3)4/h5-15H2,1-4H3. The highest BCUT2D eigenvalue weighted by molar-refractivity contribution is 6.69. The minimum atomic E-state index is -1.44. The summed E-state index contributed by atoms with van der Waals surface area (Å²) in [5.41, 5.74) is 0. The lowest BCUT2D eigenvalue weighted by molar-refractivity contribution is -0.145. The SMILES string of the molecule is CCCCCCCCC(=O)OCCOCCO[Si](C)(C)C. The molecule has 0 atom stereocenters. The lowest BCUT2D eigenvalue weighted by Crippen LogP contribution is -2.27. The van der Waals surface area contributed by atoms with Crippen molar-refractivity contribution in [3.8, 4) is 0 Å². The van der Waals surface area contributed by atoms with Gasteiger partial charge < -0.3 is 13.9 Å². The third-order valence-electron chi connectivity index (χ3n) is 2.99. The quantitative estimate of drug-likeness (QED) is 0.274. The van der Waals surface area contributed by atoms with E-state index >= 15 is 0 Å². The molecular weight excluding hydrogens is 284 g/mol. The molecule has 126 valence electrons. The van der Waals surface area contributed by atoms with Crippen molar-refractivity contribution in [2.24, 2.45) is 0 Å². The smallest absolute Gasteiger partial charge is 0.305 e. The summed E-state index contributed by atoms with van der Waals surface area (Å²) in [5, 5.41) is 0. The van der Waals surface area contributed by atoms with E-state index in [1.165, 1.54) is 25.7 Å². The van der Waals surface area contributed by atoms with Crippen LogP contribution < -0.4 is 0 Å². The molecule has 0 aliphatic rings. The van der Waals surface area contributed by atoms with Gasteiger partial charge in [-0.1, -0.05) is 39.0 Å². The van der Waals surface area contributed by atoms with Crippen LogP contribution in [0.15, 0.2) is 0 Å². The summed E-state index contributed by atoms with van der Waals surface area (Å²) in [6.45, 7) is 10.7. The molecule has 0 saturated carbocycles. The monoisotopic (exact) mass is 318 g/mol. The van der Waals surface area contributed by atoms with Crippen LogP contribution in [0.1, 0.15) is 51.9 Å². The molecule has 0 aromatic heterocycles. The molecule has 0 amide bonds. The predicted molar refractivity (Wildman–Crippen MR) is 89.1 cm³/mol. The van der Waals surface area contributed by atoms with Crippen molar-refractivity contribution < 1.29 is 18.7 Å². The molecule has 0 aliphatic carbocycles. The van der Waals surface area contributed by atoms with Crippen LogP contribution in [-0.2, 0) is 18.7 Å². The van der Waals surface area contributed by atoms with Crippen molar-refractivity contribution in [3.63, 3.8) is 0 Å². The summed E-state index contributed by atoms with van der Waals surface area (Å²) in [7, 11) is -1.44. The maximum Gasteiger partial charge on any atom is 0.305 e. The topological polar surface area (TPSA) is 44.8 Å². The molecule has 0 rings (SSSR count). The van der Waals surface area contributed by atoms with Crippen LogP contribution in [0.2, 0.25) is 19.6 Å². The van der Waals surface area contributed by atoms with Crippen LogP contribution in [0.3, 0.4) is 0 Å². The number of ether oxygens (including phenoxy) is 2. The van der Waals surface area contributed by atoms with Gasteiger partial charge in [0.25, 0.3) is 0 Å². The fraction of sp³-hybridized carbons (Fsp3) is 0.938. The molecule has 0 unspecified atom stereocenters. The molecular formula is C16H34O4Si. The van der Waals surface area contributed by atoms with E-state index in [1.54, 1.807) is 0 Å². The van der Waals surface area contributed by atoms with Crippen LogP contribution in [0, 0.1) is 0 Å². The highest BCUT2D eigenvalue weighted by atomic mass is 28.4. The zero-order valence-corrected chi connectivity index (χ0v) is 15.4. The second kappa shape index (κ2) is 13.3. The molecule has 0 N–H and O–H groups in total. The second-order valence-electron chi connectivity index (χ2n) is 6.31. The number of unbranched alkanes of at least 4 members (excludes halogenated alkanes) is 5. The Bertz CT molecular complexity index is 251. The fourth-order valence-electron chi connectivity index (χ4n) is 1.85. The van der Waals surface area contributed by atoms with Gasteiger partial charge in [-0.2, -0.15) is 0 Å². The first-order valence-electron chi connectivity index (χ1n) is 8.33. The Morgan fingerprint density at radius 3 is 2.14 bits per heavy atom. The Labute approximate surface area is 131 Å². The van der Waals surface area contributed by atoms with E-state index in [0.717, 1.165) is 12.8 Å². The van der Waals surface area contributed by atoms with Gasteiger partial charge in [-0.3, -0.25) is 4.79 Å². The number of hydrogen-bond acceptors (Lipinski definition) is 4. The Kier molecular flexibility index (Phi) is 13.0. The summed E-state index contributed by atoms with van der Waals surface area (Å²) in [4.78, 5) is 11.5. The number of carbonyl (C=O) groups is 1. The molecule has 0 heterocycles. The summed E-state index contributed by atoms with van der Waals surface area (Å²) >= 11 is 0. The van der Waals surface area contributed by atoms with Crippen molar-refractivity contribution in [1.29, 1.82) is 0 Å². The van der Waals surface area contributed by atoms with Gasteiger partial charge in [0, 0.05) is 6.42 Å².